The molecule has 1 aromatic carbocycles. The van der Waals surface area contributed by atoms with E-state index >= 15 is 0 Å². The Morgan fingerprint density at radius 1 is 1.43 bits per heavy atom. The monoisotopic (exact) mass is 413 g/mol. The van der Waals surface area contributed by atoms with Crippen LogP contribution in [0.25, 0.3) is 11.0 Å². The largest absolute Gasteiger partial charge is 0.580 e. The molecule has 0 aliphatic heterocycles. The third kappa shape index (κ3) is 2.02. The molecule has 0 amide bonds. The van der Waals surface area contributed by atoms with Crippen molar-refractivity contribution in [3.63, 3.8) is 0 Å². The van der Waals surface area contributed by atoms with Gasteiger partial charge in [-0.25, -0.2) is 0 Å². The molecule has 0 atom stereocenters. The minimum atomic E-state index is -0.0936. The molecule has 4 heteroatoms. The number of hydrogen-bond donors (Lipinski definition) is 0. The van der Waals surface area contributed by atoms with E-state index in [4.69, 9.17) is 9.15 Å². The van der Waals surface area contributed by atoms with Crippen LogP contribution in [0.4, 0.5) is 0 Å². The van der Waals surface area contributed by atoms with E-state index in [-0.39, 0.29) is 36.5 Å². The molecule has 0 unspecified atom stereocenters. The summed E-state index contributed by atoms with van der Waals surface area (Å²) >= 11 is 0. The normalized spacial score (nSPS) is 9.50. The Morgan fingerprint density at radius 2 is 2.21 bits per heavy atom. The van der Waals surface area contributed by atoms with Crippen molar-refractivity contribution in [3.8, 4) is 5.75 Å². The van der Waals surface area contributed by atoms with Gasteiger partial charge in [-0.15, -0.1) is 0 Å². The molecule has 0 spiro atoms. The van der Waals surface area contributed by atoms with Crippen molar-refractivity contribution in [2.75, 3.05) is 7.11 Å². The van der Waals surface area contributed by atoms with Crippen LogP contribution >= 0.6 is 0 Å². The first kappa shape index (κ1) is 11.4. The second-order valence-electron chi connectivity index (χ2n) is 2.59. The van der Waals surface area contributed by atoms with E-state index in [2.05, 4.69) is 6.26 Å². The van der Waals surface area contributed by atoms with E-state index in [0.717, 1.165) is 0 Å². The Labute approximate surface area is 104 Å². The van der Waals surface area contributed by atoms with Crippen LogP contribution in [0.15, 0.2) is 33.5 Å². The summed E-state index contributed by atoms with van der Waals surface area (Å²) in [6.45, 7) is 0. The average molecular weight is 413 g/mol. The van der Waals surface area contributed by atoms with Gasteiger partial charge in [0.25, 0.3) is 0 Å². The molecule has 0 aliphatic carbocycles. The smallest absolute Gasteiger partial charge is 0.110 e. The van der Waals surface area contributed by atoms with E-state index in [1.165, 1.54) is 6.07 Å². The van der Waals surface area contributed by atoms with Crippen LogP contribution in [-0.2, 0) is 0 Å². The van der Waals surface area contributed by atoms with Crippen molar-refractivity contribution in [1.29, 1.82) is 0 Å². The quantitative estimate of drug-likeness (QED) is 0.668. The van der Waals surface area contributed by atoms with E-state index in [9.17, 15) is 4.79 Å². The van der Waals surface area contributed by atoms with E-state index in [0.29, 0.717) is 16.7 Å². The van der Waals surface area contributed by atoms with Gasteiger partial charge in [0.15, 0.2) is 0 Å². The summed E-state index contributed by atoms with van der Waals surface area (Å²) in [6, 6.07) is 6.33. The molecule has 0 bridgehead atoms. The molecule has 0 N–H and O–H groups in total. The summed E-state index contributed by atoms with van der Waals surface area (Å²) in [5.74, 6) is 0.662. The zero-order chi connectivity index (χ0) is 9.26. The molecule has 0 saturated heterocycles. The predicted octanol–water partition coefficient (Wildman–Crippen LogP) is 1.60. The van der Waals surface area contributed by atoms with E-state index in [1.54, 1.807) is 25.3 Å². The van der Waals surface area contributed by atoms with Gasteiger partial charge in [-0.1, -0.05) is 12.1 Å². The van der Waals surface area contributed by atoms with Crippen LogP contribution in [0.5, 0.6) is 5.75 Å². The topological polar surface area (TPSA) is 39.4 Å². The number of methoxy groups -OCH3 is 1. The van der Waals surface area contributed by atoms with Crippen molar-refractivity contribution in [1.82, 2.24) is 0 Å². The first-order valence-electron chi connectivity index (χ1n) is 3.79. The summed E-state index contributed by atoms with van der Waals surface area (Å²) in [7, 11) is 1.56. The molecule has 0 fully saturated rings. The van der Waals surface area contributed by atoms with Crippen molar-refractivity contribution in [2.45, 2.75) is 0 Å². The zero-order valence-corrected chi connectivity index (χ0v) is 11.7. The number of hydrogen-bond acceptors (Lipinski definition) is 3. The molecular weight excluding hydrogens is 406 g/mol. The maximum Gasteiger partial charge on any atom is 0.110 e. The molecular formula is C10H7O3U-. The Kier molecular flexibility index (Phi) is 3.79. The molecule has 70 valence electrons. The molecule has 2 rings (SSSR count). The maximum atomic E-state index is 11.2. The van der Waals surface area contributed by atoms with Gasteiger partial charge >= 0.3 is 0 Å². The third-order valence-corrected chi connectivity index (χ3v) is 1.81. The Hall–Kier alpha value is -0.718. The molecule has 14 heavy (non-hydrogen) atoms. The van der Waals surface area contributed by atoms with Crippen molar-refractivity contribution in [3.05, 3.63) is 40.8 Å². The first-order chi connectivity index (χ1) is 6.31. The van der Waals surface area contributed by atoms with Gasteiger partial charge in [-0.3, -0.25) is 0 Å². The summed E-state index contributed by atoms with van der Waals surface area (Å²) < 4.78 is 10.0. The SMILES string of the molecule is COc1ccc2c(=O)c[c-]oc2c1.[U]. The molecule has 0 saturated carbocycles. The molecule has 3 nitrogen and oxygen atoms in total. The number of fused-ring (bicyclic) bond motifs is 1. The number of ether oxygens (including phenoxy) is 1. The van der Waals surface area contributed by atoms with Crippen molar-refractivity contribution >= 4 is 11.0 Å². The van der Waals surface area contributed by atoms with Crippen LogP contribution in [0.2, 0.25) is 0 Å². The third-order valence-electron chi connectivity index (χ3n) is 1.81. The van der Waals surface area contributed by atoms with Gasteiger partial charge in [0.2, 0.25) is 0 Å². The fourth-order valence-electron chi connectivity index (χ4n) is 1.14. The van der Waals surface area contributed by atoms with Crippen LogP contribution in [0, 0.1) is 37.4 Å². The van der Waals surface area contributed by atoms with Gasteiger partial charge < -0.3 is 13.9 Å². The van der Waals surface area contributed by atoms with E-state index in [1.807, 2.05) is 0 Å². The van der Waals surface area contributed by atoms with Crippen LogP contribution in [0.3, 0.4) is 0 Å². The molecule has 1 heterocycles. The second-order valence-corrected chi connectivity index (χ2v) is 2.59. The Bertz CT molecular complexity index is 490. The van der Waals surface area contributed by atoms with E-state index < -0.39 is 0 Å². The molecule has 1 aromatic heterocycles. The van der Waals surface area contributed by atoms with Crippen molar-refractivity contribution < 1.29 is 40.3 Å². The average Bonchev–Trinajstić information content (AvgIpc) is 2.18. The van der Waals surface area contributed by atoms with Crippen molar-refractivity contribution in [2.24, 2.45) is 0 Å². The van der Waals surface area contributed by atoms with Gasteiger partial charge in [0, 0.05) is 36.7 Å². The molecule has 2 aromatic rings. The minimum absolute atomic E-state index is 0. The van der Waals surface area contributed by atoms with Crippen LogP contribution in [-0.4, -0.2) is 7.11 Å². The number of benzene rings is 1. The fourth-order valence-corrected chi connectivity index (χ4v) is 1.14. The first-order valence-corrected chi connectivity index (χ1v) is 3.79. The predicted molar refractivity (Wildman–Crippen MR) is 47.9 cm³/mol. The summed E-state index contributed by atoms with van der Waals surface area (Å²) in [5.41, 5.74) is 0.399. The Balaban J connectivity index is 0.000000980. The summed E-state index contributed by atoms with van der Waals surface area (Å²) in [4.78, 5) is 11.2. The molecule has 0 radical (unpaired) electrons. The second kappa shape index (κ2) is 4.68. The van der Waals surface area contributed by atoms with Gasteiger partial charge in [0.1, 0.15) is 5.75 Å². The summed E-state index contributed by atoms with van der Waals surface area (Å²) in [5, 5.41) is 0.541. The number of rotatable bonds is 1. The van der Waals surface area contributed by atoms with Gasteiger partial charge in [-0.2, -0.15) is 0 Å². The standard InChI is InChI=1S/C10H7O3.U/c1-12-7-2-3-8-9(11)4-5-13-10(8)6-7;/h2-4,6H,1H3;/q-1;. The zero-order valence-electron chi connectivity index (χ0n) is 7.53. The van der Waals surface area contributed by atoms with Gasteiger partial charge in [0.05, 0.1) is 12.5 Å². The Morgan fingerprint density at radius 3 is 2.93 bits per heavy atom. The molecule has 0 aliphatic rings. The summed E-state index contributed by atoms with van der Waals surface area (Å²) in [6.07, 6.45) is 2.41. The fraction of sp³-hybridized carbons (Fsp3) is 0.100. The maximum absolute atomic E-state index is 11.2. The minimum Gasteiger partial charge on any atom is -0.580 e. The van der Waals surface area contributed by atoms with Gasteiger partial charge in [-0.05, 0) is 23.8 Å². The van der Waals surface area contributed by atoms with Crippen LogP contribution < -0.4 is 10.2 Å². The van der Waals surface area contributed by atoms with Crippen LogP contribution in [0.1, 0.15) is 0 Å².